The molecule has 0 atom stereocenters. The zero-order valence-corrected chi connectivity index (χ0v) is 11.8. The van der Waals surface area contributed by atoms with Crippen LogP contribution in [0.2, 0.25) is 0 Å². The van der Waals surface area contributed by atoms with Gasteiger partial charge in [0.15, 0.2) is 31.9 Å². The van der Waals surface area contributed by atoms with Gasteiger partial charge in [0.2, 0.25) is 0 Å². The van der Waals surface area contributed by atoms with Gasteiger partial charge >= 0.3 is 10.1 Å². The summed E-state index contributed by atoms with van der Waals surface area (Å²) in [5.74, 6) is -6.12. The molecule has 0 heterocycles. The lowest BCUT2D eigenvalue weighted by atomic mass is 10.3. The Morgan fingerprint density at radius 1 is 0.476 bits per heavy atom. The average molecular weight is 366 g/mol. The van der Waals surface area contributed by atoms with Crippen molar-refractivity contribution in [3.8, 4) is 17.2 Å². The molecule has 1 aromatic carbocycles. The van der Waals surface area contributed by atoms with Crippen LogP contribution in [0, 0.1) is 0 Å². The smallest absolute Gasteiger partial charge is 0.302 e. The Labute approximate surface area is 117 Å². The molecule has 0 saturated heterocycles. The van der Waals surface area contributed by atoms with Crippen molar-refractivity contribution in [3.63, 3.8) is 0 Å². The monoisotopic (exact) mass is 366 g/mol. The summed E-state index contributed by atoms with van der Waals surface area (Å²) in [7, 11) is -16.9. The number of benzene rings is 1. The zero-order valence-electron chi connectivity index (χ0n) is 9.36. The number of phenolic OH excluding ortho intramolecular Hbond substituents is 3. The van der Waals surface area contributed by atoms with Crippen LogP contribution < -0.4 is 0 Å². The minimum absolute atomic E-state index is 1.96. The predicted octanol–water partition coefficient (Wildman–Crippen LogP) is -1.46. The van der Waals surface area contributed by atoms with Crippen LogP contribution in [-0.2, 0) is 30.4 Å². The summed E-state index contributed by atoms with van der Waals surface area (Å²) < 4.78 is 92.0. The van der Waals surface area contributed by atoms with Crippen molar-refractivity contribution < 1.29 is 54.2 Å². The van der Waals surface area contributed by atoms with Crippen molar-refractivity contribution >= 4 is 30.4 Å². The number of rotatable bonds is 3. The lowest BCUT2D eigenvalue weighted by molar-refractivity contribution is 0.348. The standard InChI is InChI=1S/C6H6O12S3/c7-1-2(8)5(20(13,14)15)6(21(16,17)18)3(9)4(1)19(10,11)12/h7-9H,(H,10,11,12)(H,13,14,15)(H,16,17,18). The molecule has 1 rings (SSSR count). The molecule has 12 nitrogen and oxygen atoms in total. The molecule has 0 aromatic heterocycles. The summed E-state index contributed by atoms with van der Waals surface area (Å²) in [4.78, 5) is -6.21. The van der Waals surface area contributed by atoms with Crippen molar-refractivity contribution in [2.75, 3.05) is 0 Å². The van der Waals surface area contributed by atoms with Crippen LogP contribution in [0.25, 0.3) is 0 Å². The lowest BCUT2D eigenvalue weighted by Gasteiger charge is -2.13. The van der Waals surface area contributed by atoms with Gasteiger partial charge in [0.1, 0.15) is 0 Å². The first kappa shape index (κ1) is 17.4. The molecule has 1 aromatic rings. The average Bonchev–Trinajstić information content (AvgIpc) is 2.17. The third-order valence-electron chi connectivity index (χ3n) is 2.06. The molecular weight excluding hydrogens is 360 g/mol. The van der Waals surface area contributed by atoms with E-state index in [4.69, 9.17) is 13.7 Å². The van der Waals surface area contributed by atoms with Gasteiger partial charge in [-0.25, -0.2) is 0 Å². The van der Waals surface area contributed by atoms with Gasteiger partial charge in [-0.15, -0.1) is 0 Å². The van der Waals surface area contributed by atoms with Gasteiger partial charge in [-0.05, 0) is 0 Å². The van der Waals surface area contributed by atoms with Crippen molar-refractivity contribution in [3.05, 3.63) is 0 Å². The highest BCUT2D eigenvalue weighted by molar-refractivity contribution is 7.89. The summed E-state index contributed by atoms with van der Waals surface area (Å²) in [5.41, 5.74) is 0. The Hall–Kier alpha value is -1.65. The van der Waals surface area contributed by atoms with Crippen molar-refractivity contribution in [1.29, 1.82) is 0 Å². The molecule has 0 saturated carbocycles. The predicted molar refractivity (Wildman–Crippen MR) is 60.9 cm³/mol. The quantitative estimate of drug-likeness (QED) is 0.205. The minimum atomic E-state index is -5.71. The molecule has 6 N–H and O–H groups in total. The largest absolute Gasteiger partial charge is 0.505 e. The van der Waals surface area contributed by atoms with Gasteiger partial charge in [0, 0.05) is 0 Å². The Balaban J connectivity index is 4.36. The second-order valence-electron chi connectivity index (χ2n) is 3.46. The Morgan fingerprint density at radius 2 is 0.714 bits per heavy atom. The summed E-state index contributed by atoms with van der Waals surface area (Å²) in [6.45, 7) is 0. The van der Waals surface area contributed by atoms with Crippen molar-refractivity contribution in [2.45, 2.75) is 14.7 Å². The van der Waals surface area contributed by atoms with Crippen LogP contribution in [0.5, 0.6) is 17.2 Å². The van der Waals surface area contributed by atoms with E-state index in [9.17, 15) is 40.6 Å². The van der Waals surface area contributed by atoms with E-state index in [0.29, 0.717) is 0 Å². The normalized spacial score (nSPS) is 13.3. The second-order valence-corrected chi connectivity index (χ2v) is 7.53. The molecule has 120 valence electrons. The van der Waals surface area contributed by atoms with Crippen molar-refractivity contribution in [1.82, 2.24) is 0 Å². The highest BCUT2D eigenvalue weighted by atomic mass is 32.2. The van der Waals surface area contributed by atoms with Crippen LogP contribution in [0.4, 0.5) is 0 Å². The van der Waals surface area contributed by atoms with E-state index in [1.165, 1.54) is 0 Å². The summed E-state index contributed by atoms with van der Waals surface area (Å²) in [6.07, 6.45) is 0. The SMILES string of the molecule is O=S(=O)(O)c1c(O)c(O)c(S(=O)(=O)O)c(S(=O)(=O)O)c1O. The second kappa shape index (κ2) is 4.68. The minimum Gasteiger partial charge on any atom is -0.505 e. The molecule has 0 spiro atoms. The number of hydrogen-bond donors (Lipinski definition) is 6. The van der Waals surface area contributed by atoms with Crippen molar-refractivity contribution in [2.24, 2.45) is 0 Å². The highest BCUT2D eigenvalue weighted by Crippen LogP contribution is 2.48. The van der Waals surface area contributed by atoms with E-state index in [1.54, 1.807) is 0 Å². The first-order valence-electron chi connectivity index (χ1n) is 4.33. The Morgan fingerprint density at radius 3 is 1.00 bits per heavy atom. The maximum Gasteiger partial charge on any atom is 0.302 e. The number of phenols is 3. The summed E-state index contributed by atoms with van der Waals surface area (Å²) in [5, 5.41) is 27.9. The molecule has 0 aliphatic heterocycles. The van der Waals surface area contributed by atoms with E-state index in [0.717, 1.165) is 0 Å². The molecule has 15 heteroatoms. The number of hydrogen-bond acceptors (Lipinski definition) is 9. The first-order valence-corrected chi connectivity index (χ1v) is 8.65. The molecule has 0 fully saturated rings. The van der Waals surface area contributed by atoms with Gasteiger partial charge in [-0.1, -0.05) is 0 Å². The van der Waals surface area contributed by atoms with E-state index < -0.39 is 62.3 Å². The van der Waals surface area contributed by atoms with Gasteiger partial charge in [-0.3, -0.25) is 13.7 Å². The molecule has 0 aliphatic rings. The molecule has 0 amide bonds. The maximum atomic E-state index is 11.0. The highest BCUT2D eigenvalue weighted by Gasteiger charge is 2.39. The maximum absolute atomic E-state index is 11.0. The van der Waals surface area contributed by atoms with Crippen LogP contribution in [0.3, 0.4) is 0 Å². The van der Waals surface area contributed by atoms with E-state index in [-0.39, 0.29) is 0 Å². The third-order valence-corrected chi connectivity index (χ3v) is 4.92. The number of aromatic hydroxyl groups is 3. The fraction of sp³-hybridized carbons (Fsp3) is 0. The fourth-order valence-electron chi connectivity index (χ4n) is 1.37. The molecule has 21 heavy (non-hydrogen) atoms. The topological polar surface area (TPSA) is 224 Å². The van der Waals surface area contributed by atoms with Crippen LogP contribution in [0.1, 0.15) is 0 Å². The first-order chi connectivity index (χ1) is 9.10. The van der Waals surface area contributed by atoms with E-state index in [1.807, 2.05) is 0 Å². The Kier molecular flexibility index (Phi) is 3.88. The van der Waals surface area contributed by atoms with Gasteiger partial charge < -0.3 is 15.3 Å². The van der Waals surface area contributed by atoms with Gasteiger partial charge in [0.05, 0.1) is 0 Å². The van der Waals surface area contributed by atoms with Gasteiger partial charge in [-0.2, -0.15) is 25.3 Å². The summed E-state index contributed by atoms with van der Waals surface area (Å²) >= 11 is 0. The molecule has 0 unspecified atom stereocenters. The van der Waals surface area contributed by atoms with E-state index in [2.05, 4.69) is 0 Å². The summed E-state index contributed by atoms with van der Waals surface area (Å²) in [6, 6.07) is 0. The van der Waals surface area contributed by atoms with Crippen LogP contribution in [-0.4, -0.2) is 54.2 Å². The van der Waals surface area contributed by atoms with Crippen LogP contribution >= 0.6 is 0 Å². The molecule has 0 bridgehead atoms. The lowest BCUT2D eigenvalue weighted by Crippen LogP contribution is -2.12. The van der Waals surface area contributed by atoms with Gasteiger partial charge in [0.25, 0.3) is 20.2 Å². The molecule has 0 aliphatic carbocycles. The zero-order chi connectivity index (χ0) is 17.0. The van der Waals surface area contributed by atoms with E-state index >= 15 is 0 Å². The van der Waals surface area contributed by atoms with Crippen LogP contribution in [0.15, 0.2) is 14.7 Å². The fourth-order valence-corrected chi connectivity index (χ4v) is 4.10. The third kappa shape index (κ3) is 3.01. The molecular formula is C6H6O12S3. The Bertz CT molecular complexity index is 920. The molecule has 0 radical (unpaired) electrons.